The van der Waals surface area contributed by atoms with Crippen LogP contribution in [0.5, 0.6) is 0 Å². The fourth-order valence-electron chi connectivity index (χ4n) is 6.53. The van der Waals surface area contributed by atoms with Gasteiger partial charge in [0.1, 0.15) is 0 Å². The standard InChI is InChI=1S/C20H29N3O2S/c1-13-4-2-3-5-23(13)17(24)12-26-19-22-21-18(25-19)20-9-14-6-15(10-20)8-16(7-14)11-20/h13-16H,2-12H2,1H3/t13-,14?,15?,16?,20?/m1/s1. The van der Waals surface area contributed by atoms with E-state index in [-0.39, 0.29) is 11.3 Å². The molecule has 0 aromatic carbocycles. The highest BCUT2D eigenvalue weighted by Crippen LogP contribution is 2.60. The van der Waals surface area contributed by atoms with Gasteiger partial charge in [-0.05, 0) is 82.5 Å². The number of amides is 1. The molecule has 5 aliphatic rings. The molecule has 0 unspecified atom stereocenters. The molecule has 5 nitrogen and oxygen atoms in total. The zero-order valence-corrected chi connectivity index (χ0v) is 16.5. The highest BCUT2D eigenvalue weighted by molar-refractivity contribution is 7.99. The van der Waals surface area contributed by atoms with Crippen LogP contribution in [0.1, 0.15) is 70.6 Å². The molecule has 4 bridgehead atoms. The van der Waals surface area contributed by atoms with Gasteiger partial charge >= 0.3 is 0 Å². The molecule has 0 N–H and O–H groups in total. The highest BCUT2D eigenvalue weighted by atomic mass is 32.2. The minimum Gasteiger partial charge on any atom is -0.415 e. The van der Waals surface area contributed by atoms with Crippen LogP contribution in [-0.4, -0.2) is 39.3 Å². The molecule has 1 aromatic heterocycles. The summed E-state index contributed by atoms with van der Waals surface area (Å²) < 4.78 is 6.10. The predicted molar refractivity (Wildman–Crippen MR) is 99.9 cm³/mol. The van der Waals surface area contributed by atoms with Crippen molar-refractivity contribution in [1.29, 1.82) is 0 Å². The number of hydrogen-bond donors (Lipinski definition) is 0. The van der Waals surface area contributed by atoms with Crippen LogP contribution in [0, 0.1) is 17.8 Å². The Morgan fingerprint density at radius 3 is 2.50 bits per heavy atom. The number of nitrogens with zero attached hydrogens (tertiary/aromatic N) is 3. The molecular weight excluding hydrogens is 346 g/mol. The van der Waals surface area contributed by atoms with E-state index in [9.17, 15) is 4.79 Å². The Kier molecular flexibility index (Phi) is 4.29. The highest BCUT2D eigenvalue weighted by Gasteiger charge is 2.54. The third-order valence-corrected chi connectivity index (χ3v) is 8.14. The third-order valence-electron chi connectivity index (χ3n) is 7.34. The van der Waals surface area contributed by atoms with Crippen molar-refractivity contribution < 1.29 is 9.21 Å². The van der Waals surface area contributed by atoms with Gasteiger partial charge in [-0.3, -0.25) is 4.79 Å². The van der Waals surface area contributed by atoms with Gasteiger partial charge in [0, 0.05) is 18.0 Å². The minimum absolute atomic E-state index is 0.145. The number of aromatic nitrogens is 2. The number of carbonyl (C=O) groups is 1. The molecule has 5 fully saturated rings. The SMILES string of the molecule is C[C@@H]1CCCCN1C(=O)CSc1nnc(C23CC4CC(CC(C4)C2)C3)o1. The number of rotatable bonds is 4. The maximum atomic E-state index is 12.5. The van der Waals surface area contributed by atoms with Crippen molar-refractivity contribution in [3.63, 3.8) is 0 Å². The van der Waals surface area contributed by atoms with Crippen molar-refractivity contribution in [3.05, 3.63) is 5.89 Å². The summed E-state index contributed by atoms with van der Waals surface area (Å²) >= 11 is 1.42. The quantitative estimate of drug-likeness (QED) is 0.744. The molecule has 6 heteroatoms. The first-order chi connectivity index (χ1) is 12.6. The van der Waals surface area contributed by atoms with Gasteiger partial charge in [-0.25, -0.2) is 0 Å². The Bertz CT molecular complexity index is 653. The molecule has 142 valence electrons. The Morgan fingerprint density at radius 1 is 1.15 bits per heavy atom. The van der Waals surface area contributed by atoms with E-state index >= 15 is 0 Å². The summed E-state index contributed by atoms with van der Waals surface area (Å²) in [6, 6.07) is 0.363. The zero-order chi connectivity index (χ0) is 17.7. The van der Waals surface area contributed by atoms with Gasteiger partial charge in [0.2, 0.25) is 11.8 Å². The van der Waals surface area contributed by atoms with Crippen LogP contribution in [-0.2, 0) is 10.2 Å². The lowest BCUT2D eigenvalue weighted by Crippen LogP contribution is -2.48. The Morgan fingerprint density at radius 2 is 1.85 bits per heavy atom. The van der Waals surface area contributed by atoms with Gasteiger partial charge in [0.25, 0.3) is 5.22 Å². The van der Waals surface area contributed by atoms with E-state index < -0.39 is 0 Å². The maximum absolute atomic E-state index is 12.5. The van der Waals surface area contributed by atoms with Crippen LogP contribution < -0.4 is 0 Å². The van der Waals surface area contributed by atoms with E-state index in [1.54, 1.807) is 0 Å². The largest absolute Gasteiger partial charge is 0.415 e. The van der Waals surface area contributed by atoms with Crippen LogP contribution in [0.4, 0.5) is 0 Å². The Labute approximate surface area is 159 Å². The molecule has 26 heavy (non-hydrogen) atoms. The normalized spacial score (nSPS) is 38.7. The average molecular weight is 376 g/mol. The van der Waals surface area contributed by atoms with Crippen molar-refractivity contribution in [1.82, 2.24) is 15.1 Å². The van der Waals surface area contributed by atoms with Crippen molar-refractivity contribution in [2.24, 2.45) is 17.8 Å². The second kappa shape index (κ2) is 6.54. The summed E-state index contributed by atoms with van der Waals surface area (Å²) in [7, 11) is 0. The van der Waals surface area contributed by atoms with Crippen molar-refractivity contribution in [2.45, 2.75) is 81.4 Å². The number of carbonyl (C=O) groups excluding carboxylic acids is 1. The monoisotopic (exact) mass is 375 g/mol. The molecule has 0 spiro atoms. The molecule has 0 radical (unpaired) electrons. The van der Waals surface area contributed by atoms with Crippen LogP contribution in [0.25, 0.3) is 0 Å². The fourth-order valence-corrected chi connectivity index (χ4v) is 7.18. The van der Waals surface area contributed by atoms with Gasteiger partial charge in [-0.1, -0.05) is 11.8 Å². The maximum Gasteiger partial charge on any atom is 0.277 e. The van der Waals surface area contributed by atoms with E-state index in [0.717, 1.165) is 43.0 Å². The molecule has 1 atom stereocenters. The summed E-state index contributed by atoms with van der Waals surface area (Å²) in [4.78, 5) is 14.5. The summed E-state index contributed by atoms with van der Waals surface area (Å²) in [5.41, 5.74) is 0.145. The number of piperidine rings is 1. The van der Waals surface area contributed by atoms with Gasteiger partial charge in [-0.2, -0.15) is 0 Å². The van der Waals surface area contributed by atoms with Crippen molar-refractivity contribution in [2.75, 3.05) is 12.3 Å². The molecule has 1 saturated heterocycles. The summed E-state index contributed by atoms with van der Waals surface area (Å²) in [5.74, 6) is 4.08. The van der Waals surface area contributed by atoms with Crippen LogP contribution in [0.2, 0.25) is 0 Å². The van der Waals surface area contributed by atoms with Gasteiger partial charge < -0.3 is 9.32 Å². The first kappa shape index (κ1) is 17.1. The van der Waals surface area contributed by atoms with Crippen molar-refractivity contribution in [3.8, 4) is 0 Å². The second-order valence-electron chi connectivity index (χ2n) is 9.29. The fraction of sp³-hybridized carbons (Fsp3) is 0.850. The van der Waals surface area contributed by atoms with Crippen LogP contribution in [0.15, 0.2) is 9.64 Å². The first-order valence-electron chi connectivity index (χ1n) is 10.4. The number of thioether (sulfide) groups is 1. The molecule has 4 saturated carbocycles. The molecular formula is C20H29N3O2S. The Balaban J connectivity index is 1.24. The lowest BCUT2D eigenvalue weighted by atomic mass is 9.49. The minimum atomic E-state index is 0.145. The molecule has 6 rings (SSSR count). The number of hydrogen-bond acceptors (Lipinski definition) is 5. The molecule has 1 aromatic rings. The number of likely N-dealkylation sites (tertiary alicyclic amines) is 1. The van der Waals surface area contributed by atoms with E-state index in [1.807, 2.05) is 4.90 Å². The summed E-state index contributed by atoms with van der Waals surface area (Å²) in [6.07, 6.45) is 11.4. The molecule has 1 amide bonds. The lowest BCUT2D eigenvalue weighted by molar-refractivity contribution is -0.131. The first-order valence-corrected chi connectivity index (χ1v) is 11.4. The summed E-state index contributed by atoms with van der Waals surface area (Å²) in [5, 5.41) is 9.31. The van der Waals surface area contributed by atoms with Gasteiger partial charge in [-0.15, -0.1) is 10.2 Å². The molecule has 1 aliphatic heterocycles. The predicted octanol–water partition coefficient (Wildman–Crippen LogP) is 4.03. The van der Waals surface area contributed by atoms with Crippen LogP contribution >= 0.6 is 11.8 Å². The smallest absolute Gasteiger partial charge is 0.277 e. The van der Waals surface area contributed by atoms with Gasteiger partial charge in [0.15, 0.2) is 0 Å². The van der Waals surface area contributed by atoms with E-state index in [0.29, 0.717) is 17.0 Å². The zero-order valence-electron chi connectivity index (χ0n) is 15.7. The molecule has 2 heterocycles. The average Bonchev–Trinajstić information content (AvgIpc) is 3.09. The van der Waals surface area contributed by atoms with Crippen molar-refractivity contribution >= 4 is 17.7 Å². The van der Waals surface area contributed by atoms with E-state index in [1.165, 1.54) is 56.7 Å². The van der Waals surface area contributed by atoms with E-state index in [2.05, 4.69) is 17.1 Å². The summed E-state index contributed by atoms with van der Waals surface area (Å²) in [6.45, 7) is 3.04. The van der Waals surface area contributed by atoms with E-state index in [4.69, 9.17) is 4.42 Å². The molecule has 4 aliphatic carbocycles. The topological polar surface area (TPSA) is 59.2 Å². The van der Waals surface area contributed by atoms with Crippen LogP contribution in [0.3, 0.4) is 0 Å². The lowest BCUT2D eigenvalue weighted by Gasteiger charge is -2.55. The second-order valence-corrected chi connectivity index (χ2v) is 10.2. The van der Waals surface area contributed by atoms with Gasteiger partial charge in [0.05, 0.1) is 5.75 Å². The Hall–Kier alpha value is -1.04. The third kappa shape index (κ3) is 2.98.